The fourth-order valence-electron chi connectivity index (χ4n) is 1.56. The molecule has 78 valence electrons. The lowest BCUT2D eigenvalue weighted by Crippen LogP contribution is -2.32. The molecule has 0 aliphatic heterocycles. The maximum absolute atomic E-state index is 5.08. The summed E-state index contributed by atoms with van der Waals surface area (Å²) < 4.78 is 5.08. The maximum Gasteiger partial charge on any atom is 0.0613 e. The summed E-state index contributed by atoms with van der Waals surface area (Å²) in [6.07, 6.45) is 0. The van der Waals surface area contributed by atoms with Gasteiger partial charge in [-0.05, 0) is 19.4 Å². The van der Waals surface area contributed by atoms with Gasteiger partial charge in [0.1, 0.15) is 0 Å². The van der Waals surface area contributed by atoms with Crippen LogP contribution in [0.15, 0.2) is 30.3 Å². The predicted octanol–water partition coefficient (Wildman–Crippen LogP) is 2.37. The third-order valence-electron chi connectivity index (χ3n) is 2.25. The van der Waals surface area contributed by atoms with Gasteiger partial charge in [-0.3, -0.25) is 0 Å². The molecule has 2 atom stereocenters. The molecule has 1 aromatic rings. The van der Waals surface area contributed by atoms with E-state index in [1.165, 1.54) is 5.56 Å². The van der Waals surface area contributed by atoms with Crippen molar-refractivity contribution in [1.29, 1.82) is 0 Å². The van der Waals surface area contributed by atoms with Crippen molar-refractivity contribution in [1.82, 2.24) is 5.32 Å². The Balaban J connectivity index is 2.46. The predicted molar refractivity (Wildman–Crippen MR) is 59.3 cm³/mol. The van der Waals surface area contributed by atoms with E-state index in [0.717, 1.165) is 6.61 Å². The second kappa shape index (κ2) is 5.78. The highest BCUT2D eigenvalue weighted by molar-refractivity contribution is 5.18. The van der Waals surface area contributed by atoms with Crippen LogP contribution in [0, 0.1) is 0 Å². The van der Waals surface area contributed by atoms with E-state index in [9.17, 15) is 0 Å². The molecule has 2 nitrogen and oxygen atoms in total. The average molecular weight is 193 g/mol. The summed E-state index contributed by atoms with van der Waals surface area (Å²) in [4.78, 5) is 0. The normalized spacial score (nSPS) is 15.1. The molecule has 0 spiro atoms. The molecule has 0 unspecified atom stereocenters. The Labute approximate surface area is 86.3 Å². The van der Waals surface area contributed by atoms with E-state index in [4.69, 9.17) is 4.74 Å². The lowest BCUT2D eigenvalue weighted by molar-refractivity contribution is 0.168. The van der Waals surface area contributed by atoms with Crippen molar-refractivity contribution >= 4 is 0 Å². The fourth-order valence-corrected chi connectivity index (χ4v) is 1.56. The number of ether oxygens (including phenoxy) is 1. The van der Waals surface area contributed by atoms with Crippen LogP contribution in [0.5, 0.6) is 0 Å². The number of nitrogens with one attached hydrogen (secondary N) is 1. The van der Waals surface area contributed by atoms with Crippen molar-refractivity contribution in [3.05, 3.63) is 35.9 Å². The van der Waals surface area contributed by atoms with Crippen molar-refractivity contribution in [3.63, 3.8) is 0 Å². The van der Waals surface area contributed by atoms with Gasteiger partial charge in [0.05, 0.1) is 6.61 Å². The maximum atomic E-state index is 5.08. The number of benzene rings is 1. The molecule has 0 bridgehead atoms. The molecule has 1 N–H and O–H groups in total. The summed E-state index contributed by atoms with van der Waals surface area (Å²) in [5.41, 5.74) is 1.32. The van der Waals surface area contributed by atoms with Crippen LogP contribution >= 0.6 is 0 Å². The van der Waals surface area contributed by atoms with E-state index < -0.39 is 0 Å². The van der Waals surface area contributed by atoms with Gasteiger partial charge < -0.3 is 10.1 Å². The molecular formula is C12H19NO. The minimum absolute atomic E-state index is 0.376. The first-order valence-corrected chi connectivity index (χ1v) is 5.04. The highest BCUT2D eigenvalue weighted by Gasteiger charge is 2.07. The van der Waals surface area contributed by atoms with Crippen molar-refractivity contribution < 1.29 is 4.74 Å². The van der Waals surface area contributed by atoms with Gasteiger partial charge in [0.25, 0.3) is 0 Å². The Morgan fingerprint density at radius 2 is 1.86 bits per heavy atom. The van der Waals surface area contributed by atoms with Gasteiger partial charge >= 0.3 is 0 Å². The summed E-state index contributed by atoms with van der Waals surface area (Å²) in [5, 5.41) is 3.47. The molecule has 0 saturated heterocycles. The van der Waals surface area contributed by atoms with Crippen LogP contribution in [0.1, 0.15) is 25.5 Å². The first-order valence-electron chi connectivity index (χ1n) is 5.04. The Bertz CT molecular complexity index is 248. The van der Waals surface area contributed by atoms with Gasteiger partial charge in [-0.2, -0.15) is 0 Å². The SMILES string of the molecule is COC[C@@H](C)N[C@@H](C)c1ccccc1. The first-order chi connectivity index (χ1) is 6.74. The highest BCUT2D eigenvalue weighted by atomic mass is 16.5. The van der Waals surface area contributed by atoms with Gasteiger partial charge in [-0.15, -0.1) is 0 Å². The zero-order valence-electron chi connectivity index (χ0n) is 9.16. The molecule has 0 aliphatic rings. The summed E-state index contributed by atoms with van der Waals surface area (Å²) in [6, 6.07) is 11.2. The third-order valence-corrected chi connectivity index (χ3v) is 2.25. The molecule has 2 heteroatoms. The largest absolute Gasteiger partial charge is 0.383 e. The number of hydrogen-bond acceptors (Lipinski definition) is 2. The van der Waals surface area contributed by atoms with Gasteiger partial charge in [-0.1, -0.05) is 30.3 Å². The second-order valence-corrected chi connectivity index (χ2v) is 3.66. The molecule has 0 aliphatic carbocycles. The quantitative estimate of drug-likeness (QED) is 0.775. The van der Waals surface area contributed by atoms with Crippen LogP contribution < -0.4 is 5.32 Å². The molecule has 1 aromatic carbocycles. The second-order valence-electron chi connectivity index (χ2n) is 3.66. The van der Waals surface area contributed by atoms with E-state index >= 15 is 0 Å². The average Bonchev–Trinajstić information content (AvgIpc) is 2.19. The van der Waals surface area contributed by atoms with Gasteiger partial charge in [0.2, 0.25) is 0 Å². The van der Waals surface area contributed by atoms with Gasteiger partial charge in [0.15, 0.2) is 0 Å². The van der Waals surface area contributed by atoms with Crippen LogP contribution in [0.25, 0.3) is 0 Å². The third kappa shape index (κ3) is 3.48. The molecule has 0 radical (unpaired) electrons. The van der Waals surface area contributed by atoms with Gasteiger partial charge in [0, 0.05) is 19.2 Å². The minimum atomic E-state index is 0.376. The minimum Gasteiger partial charge on any atom is -0.383 e. The zero-order valence-corrected chi connectivity index (χ0v) is 9.16. The molecule has 0 saturated carbocycles. The number of methoxy groups -OCH3 is 1. The monoisotopic (exact) mass is 193 g/mol. The lowest BCUT2D eigenvalue weighted by Gasteiger charge is -2.19. The highest BCUT2D eigenvalue weighted by Crippen LogP contribution is 2.11. The molecule has 0 heterocycles. The molecule has 0 amide bonds. The van der Waals surface area contributed by atoms with E-state index in [2.05, 4.69) is 43.4 Å². The van der Waals surface area contributed by atoms with Crippen LogP contribution in [-0.2, 0) is 4.74 Å². The first kappa shape index (κ1) is 11.2. The van der Waals surface area contributed by atoms with Crippen LogP contribution in [0.4, 0.5) is 0 Å². The van der Waals surface area contributed by atoms with Crippen LogP contribution in [-0.4, -0.2) is 19.8 Å². The number of rotatable bonds is 5. The standard InChI is InChI=1S/C12H19NO/c1-10(9-14-3)13-11(2)12-7-5-4-6-8-12/h4-8,10-11,13H,9H2,1-3H3/t10-,11+/m1/s1. The van der Waals surface area contributed by atoms with E-state index in [0.29, 0.717) is 12.1 Å². The van der Waals surface area contributed by atoms with Crippen molar-refractivity contribution in [2.45, 2.75) is 25.9 Å². The smallest absolute Gasteiger partial charge is 0.0613 e. The molecule has 14 heavy (non-hydrogen) atoms. The van der Waals surface area contributed by atoms with Crippen molar-refractivity contribution in [3.8, 4) is 0 Å². The lowest BCUT2D eigenvalue weighted by atomic mass is 10.1. The zero-order chi connectivity index (χ0) is 10.4. The van der Waals surface area contributed by atoms with E-state index in [1.807, 2.05) is 6.07 Å². The summed E-state index contributed by atoms with van der Waals surface area (Å²) in [6.45, 7) is 5.04. The summed E-state index contributed by atoms with van der Waals surface area (Å²) >= 11 is 0. The summed E-state index contributed by atoms with van der Waals surface area (Å²) in [5.74, 6) is 0. The van der Waals surface area contributed by atoms with Crippen LogP contribution in [0.3, 0.4) is 0 Å². The Hall–Kier alpha value is -0.860. The van der Waals surface area contributed by atoms with Gasteiger partial charge in [-0.25, -0.2) is 0 Å². The molecule has 1 rings (SSSR count). The van der Waals surface area contributed by atoms with Crippen LogP contribution in [0.2, 0.25) is 0 Å². The van der Waals surface area contributed by atoms with E-state index in [1.54, 1.807) is 7.11 Å². The molecule has 0 aromatic heterocycles. The Morgan fingerprint density at radius 1 is 1.21 bits per heavy atom. The van der Waals surface area contributed by atoms with Crippen molar-refractivity contribution in [2.24, 2.45) is 0 Å². The summed E-state index contributed by atoms with van der Waals surface area (Å²) in [7, 11) is 1.73. The number of hydrogen-bond donors (Lipinski definition) is 1. The van der Waals surface area contributed by atoms with E-state index in [-0.39, 0.29) is 0 Å². The Kier molecular flexibility index (Phi) is 4.63. The Morgan fingerprint density at radius 3 is 2.43 bits per heavy atom. The topological polar surface area (TPSA) is 21.3 Å². The molecular weight excluding hydrogens is 174 g/mol. The van der Waals surface area contributed by atoms with Crippen molar-refractivity contribution in [2.75, 3.05) is 13.7 Å². The fraction of sp³-hybridized carbons (Fsp3) is 0.500. The molecule has 0 fully saturated rings.